The number of amides is 2. The van der Waals surface area contributed by atoms with Crippen molar-refractivity contribution in [1.82, 2.24) is 14.9 Å². The van der Waals surface area contributed by atoms with E-state index in [2.05, 4.69) is 20.9 Å². The summed E-state index contributed by atoms with van der Waals surface area (Å²) in [6, 6.07) is 9.15. The number of aromatic hydroxyl groups is 1. The zero-order valence-electron chi connectivity index (χ0n) is 23.7. The van der Waals surface area contributed by atoms with Gasteiger partial charge in [0.1, 0.15) is 23.7 Å². The molecule has 0 radical (unpaired) electrons. The second kappa shape index (κ2) is 12.4. The van der Waals surface area contributed by atoms with E-state index in [1.54, 1.807) is 39.0 Å². The van der Waals surface area contributed by atoms with Crippen LogP contribution in [0, 0.1) is 5.41 Å². The van der Waals surface area contributed by atoms with Crippen LogP contribution >= 0.6 is 0 Å². The van der Waals surface area contributed by atoms with Crippen LogP contribution in [0.5, 0.6) is 5.75 Å². The summed E-state index contributed by atoms with van der Waals surface area (Å²) in [6.07, 6.45) is 0.770. The first-order valence-corrected chi connectivity index (χ1v) is 12.8. The summed E-state index contributed by atoms with van der Waals surface area (Å²) in [5.41, 5.74) is 12.4. The number of amidine groups is 1. The molecule has 41 heavy (non-hydrogen) atoms. The van der Waals surface area contributed by atoms with Gasteiger partial charge in [-0.2, -0.15) is 0 Å². The van der Waals surface area contributed by atoms with Gasteiger partial charge in [-0.25, -0.2) is 9.78 Å². The van der Waals surface area contributed by atoms with Crippen molar-refractivity contribution in [3.8, 4) is 17.0 Å². The minimum Gasteiger partial charge on any atom is -0.507 e. The molecular formula is C28H36N8O5. The van der Waals surface area contributed by atoms with E-state index in [-0.39, 0.29) is 42.1 Å². The maximum Gasteiger partial charge on any atom is 0.412 e. The van der Waals surface area contributed by atoms with Gasteiger partial charge >= 0.3 is 6.09 Å². The predicted molar refractivity (Wildman–Crippen MR) is 158 cm³/mol. The van der Waals surface area contributed by atoms with Gasteiger partial charge in [0.25, 0.3) is 5.56 Å². The molecule has 0 saturated carbocycles. The number of hydrogen-bond acceptors (Lipinski definition) is 9. The highest BCUT2D eigenvalue weighted by molar-refractivity contribution is 5.97. The third kappa shape index (κ3) is 8.46. The van der Waals surface area contributed by atoms with Gasteiger partial charge < -0.3 is 31.9 Å². The zero-order chi connectivity index (χ0) is 30.5. The highest BCUT2D eigenvalue weighted by Gasteiger charge is 2.19. The molecule has 0 fully saturated rings. The second-order valence-corrected chi connectivity index (χ2v) is 10.7. The van der Waals surface area contributed by atoms with Crippen molar-refractivity contribution in [1.29, 1.82) is 5.41 Å². The lowest BCUT2D eigenvalue weighted by atomic mass is 10.1. The predicted octanol–water partition coefficient (Wildman–Crippen LogP) is 2.97. The maximum atomic E-state index is 13.4. The van der Waals surface area contributed by atoms with Crippen molar-refractivity contribution in [3.05, 3.63) is 64.1 Å². The third-order valence-electron chi connectivity index (χ3n) is 5.52. The number of carbonyl (C=O) groups is 2. The first-order chi connectivity index (χ1) is 19.1. The summed E-state index contributed by atoms with van der Waals surface area (Å²) in [7, 11) is 0. The number of nitrogen functional groups attached to an aromatic ring is 2. The molecule has 0 aliphatic carbocycles. The highest BCUT2D eigenvalue weighted by Crippen LogP contribution is 2.26. The van der Waals surface area contributed by atoms with Crippen LogP contribution in [0.2, 0.25) is 0 Å². The number of phenols is 1. The van der Waals surface area contributed by atoms with Gasteiger partial charge in [0, 0.05) is 29.5 Å². The fourth-order valence-electron chi connectivity index (χ4n) is 3.86. The molecule has 0 saturated heterocycles. The van der Waals surface area contributed by atoms with Crippen molar-refractivity contribution >= 4 is 35.0 Å². The Bertz CT molecular complexity index is 1520. The molecule has 2 aromatic carbocycles. The van der Waals surface area contributed by atoms with Gasteiger partial charge in [-0.3, -0.25) is 24.9 Å². The Morgan fingerprint density at radius 1 is 1.17 bits per heavy atom. The quantitative estimate of drug-likeness (QED) is 0.115. The number of ether oxygens (including phenoxy) is 1. The van der Waals surface area contributed by atoms with E-state index in [4.69, 9.17) is 21.6 Å². The van der Waals surface area contributed by atoms with Gasteiger partial charge in [0.15, 0.2) is 5.82 Å². The molecule has 1 aromatic heterocycles. The number of benzene rings is 2. The van der Waals surface area contributed by atoms with Crippen molar-refractivity contribution in [2.45, 2.75) is 59.4 Å². The molecule has 13 nitrogen and oxygen atoms in total. The maximum absolute atomic E-state index is 13.4. The molecule has 218 valence electrons. The third-order valence-corrected chi connectivity index (χ3v) is 5.52. The van der Waals surface area contributed by atoms with Crippen LogP contribution < -0.4 is 33.0 Å². The van der Waals surface area contributed by atoms with Crippen LogP contribution in [0.25, 0.3) is 11.3 Å². The fraction of sp³-hybridized carbons (Fsp3) is 0.321. The molecule has 2 amide bonds. The van der Waals surface area contributed by atoms with E-state index >= 15 is 0 Å². The van der Waals surface area contributed by atoms with E-state index in [0.29, 0.717) is 28.2 Å². The first kappa shape index (κ1) is 30.5. The minimum atomic E-state index is -0.710. The molecular weight excluding hydrogens is 528 g/mol. The molecule has 13 heteroatoms. The van der Waals surface area contributed by atoms with Crippen molar-refractivity contribution in [3.63, 3.8) is 0 Å². The Labute approximate surface area is 237 Å². The summed E-state index contributed by atoms with van der Waals surface area (Å²) in [6.45, 7) is 8.62. The molecule has 1 heterocycles. The average molecular weight is 565 g/mol. The molecule has 0 bridgehead atoms. The average Bonchev–Trinajstić information content (AvgIpc) is 2.83. The lowest BCUT2D eigenvalue weighted by molar-refractivity contribution is -0.121. The van der Waals surface area contributed by atoms with Crippen molar-refractivity contribution in [2.24, 2.45) is 5.73 Å². The lowest BCUT2D eigenvalue weighted by Crippen LogP contribution is -2.35. The number of anilines is 3. The Morgan fingerprint density at radius 3 is 2.49 bits per heavy atom. The van der Waals surface area contributed by atoms with E-state index in [1.165, 1.54) is 29.0 Å². The summed E-state index contributed by atoms with van der Waals surface area (Å²) in [4.78, 5) is 43.0. The van der Waals surface area contributed by atoms with Gasteiger partial charge in [0.2, 0.25) is 5.91 Å². The first-order valence-electron chi connectivity index (χ1n) is 12.8. The van der Waals surface area contributed by atoms with Crippen LogP contribution in [-0.2, 0) is 22.6 Å². The van der Waals surface area contributed by atoms with Crippen molar-refractivity contribution < 1.29 is 19.4 Å². The van der Waals surface area contributed by atoms with E-state index < -0.39 is 23.2 Å². The van der Waals surface area contributed by atoms with Crippen LogP contribution in [-0.4, -0.2) is 44.1 Å². The molecule has 0 spiro atoms. The number of carbonyl (C=O) groups excluding carboxylic acids is 2. The number of hydrogen-bond donors (Lipinski definition) is 7. The van der Waals surface area contributed by atoms with Crippen LogP contribution in [0.4, 0.5) is 22.0 Å². The molecule has 9 N–H and O–H groups in total. The summed E-state index contributed by atoms with van der Waals surface area (Å²) in [5.74, 6) is -0.878. The topological polar surface area (TPSA) is 210 Å². The molecule has 0 atom stereocenters. The smallest absolute Gasteiger partial charge is 0.412 e. The second-order valence-electron chi connectivity index (χ2n) is 10.7. The molecule has 0 aliphatic rings. The van der Waals surface area contributed by atoms with Gasteiger partial charge in [-0.15, -0.1) is 0 Å². The Morgan fingerprint density at radius 2 is 1.88 bits per heavy atom. The van der Waals surface area contributed by atoms with E-state index in [1.807, 2.05) is 13.8 Å². The number of aromatic nitrogens is 2. The normalized spacial score (nSPS) is 11.2. The fourth-order valence-corrected chi connectivity index (χ4v) is 3.86. The van der Waals surface area contributed by atoms with Crippen molar-refractivity contribution in [2.75, 3.05) is 16.4 Å². The standard InChI is InChI=1S/C28H36N8O5/c1-15(2)34-25-26(39)36(14-23(38)32-12-16-6-7-20(24(30)31)22(37)8-16)21(13-33-25)17-9-18(29)11-19(10-17)35-27(40)41-28(3,4)5/h6-11,13,15,37H,12,14,29H2,1-5H3,(H3,30,31)(H,32,38)(H,33,34)(H,35,40). The largest absolute Gasteiger partial charge is 0.507 e. The SMILES string of the molecule is CC(C)Nc1ncc(-c2cc(N)cc(NC(=O)OC(C)(C)C)c2)n(CC(=O)NCc2ccc(C(=N)N)c(O)c2)c1=O. The number of rotatable bonds is 9. The van der Waals surface area contributed by atoms with Crippen LogP contribution in [0.3, 0.4) is 0 Å². The summed E-state index contributed by atoms with van der Waals surface area (Å²) in [5, 5.41) is 25.9. The Hall–Kier alpha value is -5.07. The molecule has 3 rings (SSSR count). The zero-order valence-corrected chi connectivity index (χ0v) is 23.7. The van der Waals surface area contributed by atoms with Gasteiger partial charge in [-0.1, -0.05) is 6.07 Å². The Balaban J connectivity index is 1.92. The van der Waals surface area contributed by atoms with Crippen LogP contribution in [0.15, 0.2) is 47.4 Å². The summed E-state index contributed by atoms with van der Waals surface area (Å²) >= 11 is 0. The number of nitrogens with two attached hydrogens (primary N) is 2. The van der Waals surface area contributed by atoms with Gasteiger partial charge in [-0.05, 0) is 70.5 Å². The van der Waals surface area contributed by atoms with Gasteiger partial charge in [0.05, 0.1) is 17.5 Å². The molecule has 0 aliphatic heterocycles. The molecule has 0 unspecified atom stereocenters. The van der Waals surface area contributed by atoms with E-state index in [0.717, 1.165) is 0 Å². The monoisotopic (exact) mass is 564 g/mol. The lowest BCUT2D eigenvalue weighted by Gasteiger charge is -2.20. The molecule has 3 aromatic rings. The summed E-state index contributed by atoms with van der Waals surface area (Å²) < 4.78 is 6.57. The highest BCUT2D eigenvalue weighted by atomic mass is 16.6. The van der Waals surface area contributed by atoms with Crippen LogP contribution in [0.1, 0.15) is 45.7 Å². The van der Waals surface area contributed by atoms with E-state index in [9.17, 15) is 19.5 Å². The minimum absolute atomic E-state index is 0.0547. The number of nitrogens with zero attached hydrogens (tertiary/aromatic N) is 2. The number of phenolic OH excluding ortho intramolecular Hbond substituents is 1. The Kier molecular flexibility index (Phi) is 9.22. The number of nitrogens with one attached hydrogen (secondary N) is 4.